The zero-order valence-corrected chi connectivity index (χ0v) is 26.1. The minimum Gasteiger partial charge on any atom is -0.462 e. The second-order valence-electron chi connectivity index (χ2n) is 12.8. The molecular weight excluding hydrogens is 599 g/mol. The molecule has 1 heterocycles. The Kier molecular flexibility index (Phi) is 8.14. The molecule has 2 fully saturated rings. The van der Waals surface area contributed by atoms with Crippen molar-refractivity contribution >= 4 is 16.7 Å². The molecule has 5 aromatic rings. The van der Waals surface area contributed by atoms with Crippen molar-refractivity contribution in [1.82, 2.24) is 4.90 Å². The summed E-state index contributed by atoms with van der Waals surface area (Å²) in [6.07, 6.45) is -2.43. The van der Waals surface area contributed by atoms with Gasteiger partial charge in [0.1, 0.15) is 0 Å². The number of hydrogen-bond donors (Lipinski definition) is 1. The van der Waals surface area contributed by atoms with Crippen LogP contribution in [0.5, 0.6) is 0 Å². The predicted molar refractivity (Wildman–Crippen MR) is 178 cm³/mol. The van der Waals surface area contributed by atoms with Crippen molar-refractivity contribution in [3.8, 4) is 22.3 Å². The number of aliphatic hydroxyl groups is 1. The van der Waals surface area contributed by atoms with Crippen molar-refractivity contribution in [1.29, 1.82) is 0 Å². The first-order chi connectivity index (χ1) is 22.6. The van der Waals surface area contributed by atoms with Crippen molar-refractivity contribution in [2.75, 3.05) is 19.7 Å². The maximum atomic E-state index is 13.1. The highest BCUT2D eigenvalue weighted by molar-refractivity contribution is 6.04. The molecule has 2 aliphatic rings. The minimum absolute atomic E-state index is 0.146. The number of alkyl halides is 3. The summed E-state index contributed by atoms with van der Waals surface area (Å²) in [7, 11) is 0. The quantitative estimate of drug-likeness (QED) is 0.181. The highest BCUT2D eigenvalue weighted by atomic mass is 19.4. The van der Waals surface area contributed by atoms with Gasteiger partial charge < -0.3 is 9.84 Å². The largest absolute Gasteiger partial charge is 0.462 e. The molecular formula is C40H36F3NO3. The molecule has 0 aromatic heterocycles. The summed E-state index contributed by atoms with van der Waals surface area (Å²) in [6, 6.07) is 32.9. The smallest absolute Gasteiger partial charge is 0.416 e. The molecule has 1 saturated carbocycles. The number of esters is 1. The standard InChI is InChI=1S/C40H36F3NO3/c1-2-47-38(45)31-21-30-20-29(27-8-15-33(16-9-27)40(41,42)43)12-19-36(30)37(22-31)28-10-13-32(14-11-28)39(46)34-17-18-35(39)25-44(24-34)23-26-6-4-3-5-7-26/h3-16,19-22,34-35,46H,2,17-18,23-25H2,1H3/t34-,35+,39?. The van der Waals surface area contributed by atoms with Gasteiger partial charge in [-0.25, -0.2) is 4.79 Å². The molecule has 1 N–H and O–H groups in total. The minimum atomic E-state index is -4.41. The number of fused-ring (bicyclic) bond motifs is 3. The summed E-state index contributed by atoms with van der Waals surface area (Å²) in [4.78, 5) is 15.4. The van der Waals surface area contributed by atoms with E-state index >= 15 is 0 Å². The zero-order chi connectivity index (χ0) is 32.8. The Morgan fingerprint density at radius 1 is 0.830 bits per heavy atom. The Balaban J connectivity index is 1.20. The molecule has 7 rings (SSSR count). The monoisotopic (exact) mass is 635 g/mol. The first-order valence-corrected chi connectivity index (χ1v) is 16.2. The van der Waals surface area contributed by atoms with E-state index < -0.39 is 23.3 Å². The van der Waals surface area contributed by atoms with E-state index in [1.54, 1.807) is 13.0 Å². The summed E-state index contributed by atoms with van der Waals surface area (Å²) in [5.74, 6) is -0.153. The summed E-state index contributed by atoms with van der Waals surface area (Å²) >= 11 is 0. The lowest BCUT2D eigenvalue weighted by atomic mass is 9.75. The molecule has 2 bridgehead atoms. The molecule has 1 unspecified atom stereocenters. The second kappa shape index (κ2) is 12.3. The highest BCUT2D eigenvalue weighted by Crippen LogP contribution is 2.51. The van der Waals surface area contributed by atoms with Crippen LogP contribution in [0.2, 0.25) is 0 Å². The van der Waals surface area contributed by atoms with Crippen LogP contribution in [-0.2, 0) is 23.1 Å². The van der Waals surface area contributed by atoms with Crippen LogP contribution in [0.15, 0.2) is 109 Å². The van der Waals surface area contributed by atoms with Gasteiger partial charge in [0.25, 0.3) is 0 Å². The average molecular weight is 636 g/mol. The Bertz CT molecular complexity index is 1890. The molecule has 0 spiro atoms. The van der Waals surface area contributed by atoms with Crippen molar-refractivity contribution in [2.45, 2.75) is 38.1 Å². The van der Waals surface area contributed by atoms with Gasteiger partial charge in [-0.15, -0.1) is 0 Å². The van der Waals surface area contributed by atoms with Crippen molar-refractivity contribution in [2.24, 2.45) is 11.8 Å². The Labute approximate surface area is 272 Å². The molecule has 7 heteroatoms. The first kappa shape index (κ1) is 31.2. The molecule has 47 heavy (non-hydrogen) atoms. The van der Waals surface area contributed by atoms with E-state index in [0.29, 0.717) is 11.1 Å². The van der Waals surface area contributed by atoms with Crippen LogP contribution in [0.1, 0.15) is 46.8 Å². The number of rotatable bonds is 7. The Hall–Kier alpha value is -4.46. The lowest BCUT2D eigenvalue weighted by Crippen LogP contribution is -2.51. The van der Waals surface area contributed by atoms with E-state index in [-0.39, 0.29) is 18.4 Å². The summed E-state index contributed by atoms with van der Waals surface area (Å²) in [5.41, 5.74) is 4.12. The lowest BCUT2D eigenvalue weighted by molar-refractivity contribution is -0.137. The van der Waals surface area contributed by atoms with E-state index in [4.69, 9.17) is 4.74 Å². The van der Waals surface area contributed by atoms with Gasteiger partial charge in [0.15, 0.2) is 0 Å². The van der Waals surface area contributed by atoms with E-state index in [2.05, 4.69) is 29.2 Å². The number of halogens is 3. The van der Waals surface area contributed by atoms with Gasteiger partial charge in [-0.1, -0.05) is 78.9 Å². The molecule has 5 aromatic carbocycles. The van der Waals surface area contributed by atoms with Gasteiger partial charge in [-0.05, 0) is 94.3 Å². The van der Waals surface area contributed by atoms with Crippen LogP contribution >= 0.6 is 0 Å². The Morgan fingerprint density at radius 3 is 2.11 bits per heavy atom. The summed E-state index contributed by atoms with van der Waals surface area (Å²) in [5, 5.41) is 13.9. The Morgan fingerprint density at radius 2 is 1.47 bits per heavy atom. The average Bonchev–Trinajstić information content (AvgIpc) is 3.23. The van der Waals surface area contributed by atoms with Gasteiger partial charge in [-0.2, -0.15) is 13.2 Å². The van der Waals surface area contributed by atoms with Crippen molar-refractivity contribution < 1.29 is 27.8 Å². The third kappa shape index (κ3) is 5.94. The van der Waals surface area contributed by atoms with E-state index in [1.807, 2.05) is 54.6 Å². The second-order valence-corrected chi connectivity index (χ2v) is 12.8. The van der Waals surface area contributed by atoms with Crippen LogP contribution in [0.4, 0.5) is 13.2 Å². The number of carbonyl (C=O) groups is 1. The fraction of sp³-hybridized carbons (Fsp3) is 0.275. The van der Waals surface area contributed by atoms with Crippen LogP contribution < -0.4 is 0 Å². The fourth-order valence-corrected chi connectivity index (χ4v) is 7.67. The van der Waals surface area contributed by atoms with E-state index in [1.165, 1.54) is 17.7 Å². The number of nitrogens with zero attached hydrogens (tertiary/aromatic N) is 1. The van der Waals surface area contributed by atoms with E-state index in [0.717, 1.165) is 77.6 Å². The number of hydrogen-bond acceptors (Lipinski definition) is 4. The molecule has 4 nitrogen and oxygen atoms in total. The summed E-state index contributed by atoms with van der Waals surface area (Å²) < 4.78 is 44.8. The SMILES string of the molecule is CCOC(=O)c1cc(-c2ccc(C3(O)[C@@H]4CC[C@H]3CN(Cc3ccccc3)C4)cc2)c2ccc(-c3ccc(C(F)(F)F)cc3)cc2c1. The number of carbonyl (C=O) groups excluding carboxylic acids is 1. The van der Waals surface area contributed by atoms with E-state index in [9.17, 15) is 23.1 Å². The van der Waals surface area contributed by atoms with Gasteiger partial charge in [-0.3, -0.25) is 4.90 Å². The van der Waals surface area contributed by atoms with Crippen LogP contribution in [0.3, 0.4) is 0 Å². The molecule has 0 radical (unpaired) electrons. The molecule has 1 aliphatic heterocycles. The summed E-state index contributed by atoms with van der Waals surface area (Å²) in [6.45, 7) is 4.56. The lowest BCUT2D eigenvalue weighted by Gasteiger charge is -2.45. The van der Waals surface area contributed by atoms with Gasteiger partial charge in [0.2, 0.25) is 0 Å². The van der Waals surface area contributed by atoms with Crippen molar-refractivity contribution in [3.05, 3.63) is 131 Å². The van der Waals surface area contributed by atoms with Crippen molar-refractivity contribution in [3.63, 3.8) is 0 Å². The van der Waals surface area contributed by atoms with Crippen LogP contribution in [0, 0.1) is 11.8 Å². The maximum absolute atomic E-state index is 13.1. The number of ether oxygens (including phenoxy) is 1. The van der Waals surface area contributed by atoms with Crippen LogP contribution in [-0.4, -0.2) is 35.7 Å². The van der Waals surface area contributed by atoms with Gasteiger partial charge >= 0.3 is 12.1 Å². The first-order valence-electron chi connectivity index (χ1n) is 16.2. The predicted octanol–water partition coefficient (Wildman–Crippen LogP) is 9.10. The normalized spacial score (nSPS) is 21.2. The number of benzene rings is 5. The zero-order valence-electron chi connectivity index (χ0n) is 26.1. The third-order valence-corrected chi connectivity index (χ3v) is 9.98. The highest BCUT2D eigenvalue weighted by Gasteiger charge is 2.53. The topological polar surface area (TPSA) is 49.8 Å². The van der Waals surface area contributed by atoms with Gasteiger partial charge in [0, 0.05) is 31.5 Å². The molecule has 0 amide bonds. The number of likely N-dealkylation sites (tertiary alicyclic amines) is 1. The molecule has 1 aliphatic carbocycles. The number of piperidine rings is 1. The maximum Gasteiger partial charge on any atom is 0.416 e. The molecule has 240 valence electrons. The molecule has 3 atom stereocenters. The third-order valence-electron chi connectivity index (χ3n) is 9.98. The fourth-order valence-electron chi connectivity index (χ4n) is 7.67. The molecule has 1 saturated heterocycles. The van der Waals surface area contributed by atoms with Gasteiger partial charge in [0.05, 0.1) is 23.3 Å². The van der Waals surface area contributed by atoms with Crippen LogP contribution in [0.25, 0.3) is 33.0 Å².